The zero-order valence-corrected chi connectivity index (χ0v) is 19.1. The van der Waals surface area contributed by atoms with Gasteiger partial charge in [-0.15, -0.1) is 0 Å². The summed E-state index contributed by atoms with van der Waals surface area (Å²) in [4.78, 5) is 6.41. The quantitative estimate of drug-likeness (QED) is 0.649. The Morgan fingerprint density at radius 2 is 1.84 bits per heavy atom. The number of rotatable bonds is 4. The van der Waals surface area contributed by atoms with E-state index in [0.29, 0.717) is 35.1 Å². The van der Waals surface area contributed by atoms with Gasteiger partial charge >= 0.3 is 6.18 Å². The van der Waals surface area contributed by atoms with E-state index in [-0.39, 0.29) is 11.6 Å². The lowest BCUT2D eigenvalue weighted by molar-refractivity contribution is -0.137. The highest BCUT2D eigenvalue weighted by atomic mass is 19.4. The number of hydrogen-bond acceptors (Lipinski definition) is 4. The maximum atomic E-state index is 13.2. The number of fused-ring (bicyclic) bond motifs is 1. The summed E-state index contributed by atoms with van der Waals surface area (Å²) in [5, 5.41) is 4.70. The van der Waals surface area contributed by atoms with Gasteiger partial charge in [-0.2, -0.15) is 18.3 Å². The Bertz CT molecular complexity index is 987. The molecule has 3 fully saturated rings. The second-order valence-corrected chi connectivity index (χ2v) is 10.5. The Labute approximate surface area is 187 Å². The number of pyridine rings is 1. The molecule has 1 saturated heterocycles. The van der Waals surface area contributed by atoms with Crippen molar-refractivity contribution in [2.75, 3.05) is 19.7 Å². The highest BCUT2D eigenvalue weighted by molar-refractivity contribution is 5.60. The zero-order chi connectivity index (χ0) is 22.8. The fourth-order valence-corrected chi connectivity index (χ4v) is 5.86. The van der Waals surface area contributed by atoms with E-state index < -0.39 is 11.7 Å². The molecular formula is C24H31F3N4O. The zero-order valence-electron chi connectivity index (χ0n) is 19.1. The van der Waals surface area contributed by atoms with E-state index in [4.69, 9.17) is 9.84 Å². The Morgan fingerprint density at radius 3 is 2.47 bits per heavy atom. The van der Waals surface area contributed by atoms with Gasteiger partial charge in [0.1, 0.15) is 0 Å². The minimum absolute atomic E-state index is 0.0887. The third-order valence-corrected chi connectivity index (χ3v) is 7.35. The van der Waals surface area contributed by atoms with E-state index in [0.717, 1.165) is 37.7 Å². The van der Waals surface area contributed by atoms with Crippen LogP contribution in [0.5, 0.6) is 0 Å². The number of alkyl halides is 3. The van der Waals surface area contributed by atoms with Crippen LogP contribution in [-0.2, 0) is 10.9 Å². The van der Waals surface area contributed by atoms with Gasteiger partial charge in [0.2, 0.25) is 0 Å². The predicted octanol–water partition coefficient (Wildman–Crippen LogP) is 5.15. The minimum atomic E-state index is -4.41. The molecular weight excluding hydrogens is 417 g/mol. The molecule has 0 aromatic carbocycles. The third-order valence-electron chi connectivity index (χ3n) is 7.35. The lowest BCUT2D eigenvalue weighted by Gasteiger charge is -2.41. The first-order valence-electron chi connectivity index (χ1n) is 11.5. The fraction of sp³-hybridized carbons (Fsp3) is 0.667. The maximum absolute atomic E-state index is 13.2. The summed E-state index contributed by atoms with van der Waals surface area (Å²) in [5.41, 5.74) is 1.32. The molecule has 0 bridgehead atoms. The number of halogens is 3. The van der Waals surface area contributed by atoms with Crippen molar-refractivity contribution in [1.29, 1.82) is 0 Å². The molecule has 3 heterocycles. The topological polar surface area (TPSA) is 43.2 Å². The van der Waals surface area contributed by atoms with Crippen LogP contribution in [0.1, 0.15) is 63.8 Å². The number of nitrogens with zero attached hydrogens (tertiary/aromatic N) is 4. The fourth-order valence-electron chi connectivity index (χ4n) is 5.86. The van der Waals surface area contributed by atoms with Gasteiger partial charge in [0.05, 0.1) is 23.5 Å². The lowest BCUT2D eigenvalue weighted by atomic mass is 9.99. The summed E-state index contributed by atoms with van der Waals surface area (Å²) in [5.74, 6) is 1.71. The molecule has 2 aliphatic carbocycles. The first-order chi connectivity index (χ1) is 15.0. The largest absolute Gasteiger partial charge is 0.417 e. The van der Waals surface area contributed by atoms with Crippen molar-refractivity contribution in [3.05, 3.63) is 35.8 Å². The normalized spacial score (nSPS) is 30.0. The highest BCUT2D eigenvalue weighted by Crippen LogP contribution is 2.64. The van der Waals surface area contributed by atoms with E-state index in [1.165, 1.54) is 19.0 Å². The second kappa shape index (κ2) is 7.55. The van der Waals surface area contributed by atoms with Crippen LogP contribution in [0.25, 0.3) is 11.3 Å². The lowest BCUT2D eigenvalue weighted by Crippen LogP contribution is -2.51. The standard InChI is InChI=1S/C24H31F3N4O/c1-14(2)31-21(10-20(29-31)15-7-16(12-28-11-15)24(25,26)27)22-18-8-17(9-19(18)22)30-5-6-32-23(3,4)13-30/h7,10-12,14,17-19,22H,5-6,8-9,13H2,1-4H3/t17?,18-,19+,22?. The van der Waals surface area contributed by atoms with Gasteiger partial charge in [0.15, 0.2) is 0 Å². The van der Waals surface area contributed by atoms with E-state index in [1.54, 1.807) is 0 Å². The van der Waals surface area contributed by atoms with Gasteiger partial charge in [-0.3, -0.25) is 14.6 Å². The van der Waals surface area contributed by atoms with Gasteiger partial charge in [0.25, 0.3) is 0 Å². The molecule has 0 N–H and O–H groups in total. The van der Waals surface area contributed by atoms with E-state index in [9.17, 15) is 13.2 Å². The molecule has 0 spiro atoms. The summed E-state index contributed by atoms with van der Waals surface area (Å²) >= 11 is 0. The summed E-state index contributed by atoms with van der Waals surface area (Å²) < 4.78 is 47.3. The van der Waals surface area contributed by atoms with E-state index >= 15 is 0 Å². The van der Waals surface area contributed by atoms with Crippen LogP contribution >= 0.6 is 0 Å². The molecule has 174 valence electrons. The van der Waals surface area contributed by atoms with Crippen LogP contribution < -0.4 is 0 Å². The molecule has 1 aliphatic heterocycles. The molecule has 4 atom stereocenters. The second-order valence-electron chi connectivity index (χ2n) is 10.5. The third kappa shape index (κ3) is 3.96. The Balaban J connectivity index is 1.35. The molecule has 0 radical (unpaired) electrons. The Hall–Kier alpha value is -1.93. The Morgan fingerprint density at radius 1 is 1.12 bits per heavy atom. The summed E-state index contributed by atoms with van der Waals surface area (Å²) in [6, 6.07) is 3.89. The number of aromatic nitrogens is 3. The van der Waals surface area contributed by atoms with Gasteiger partial charge in [0, 0.05) is 54.7 Å². The van der Waals surface area contributed by atoms with Crippen molar-refractivity contribution in [3.63, 3.8) is 0 Å². The maximum Gasteiger partial charge on any atom is 0.417 e. The van der Waals surface area contributed by atoms with Crippen molar-refractivity contribution in [2.24, 2.45) is 11.8 Å². The van der Waals surface area contributed by atoms with E-state index in [2.05, 4.69) is 37.6 Å². The molecule has 2 aromatic heterocycles. The number of morpholine rings is 1. The monoisotopic (exact) mass is 448 g/mol. The van der Waals surface area contributed by atoms with Crippen LogP contribution in [-0.4, -0.2) is 51.0 Å². The van der Waals surface area contributed by atoms with Gasteiger partial charge < -0.3 is 4.74 Å². The Kier molecular flexibility index (Phi) is 5.17. The van der Waals surface area contributed by atoms with E-state index in [1.807, 2.05) is 10.7 Å². The van der Waals surface area contributed by atoms with Gasteiger partial charge in [-0.1, -0.05) is 0 Å². The first-order valence-corrected chi connectivity index (χ1v) is 11.5. The molecule has 32 heavy (non-hydrogen) atoms. The average molecular weight is 449 g/mol. The highest BCUT2D eigenvalue weighted by Gasteiger charge is 2.59. The molecule has 2 unspecified atom stereocenters. The van der Waals surface area contributed by atoms with Crippen LogP contribution in [0.4, 0.5) is 13.2 Å². The van der Waals surface area contributed by atoms with Crippen molar-refractivity contribution in [3.8, 4) is 11.3 Å². The van der Waals surface area contributed by atoms with Gasteiger partial charge in [-0.25, -0.2) is 0 Å². The van der Waals surface area contributed by atoms with Crippen molar-refractivity contribution >= 4 is 0 Å². The SMILES string of the molecule is CC(C)n1nc(-c2cncc(C(F)(F)F)c2)cc1C1[C@H]2CC(N3CCOC(C)(C)C3)C[C@@H]12. The van der Waals surface area contributed by atoms with Crippen LogP contribution in [0.15, 0.2) is 24.5 Å². The van der Waals surface area contributed by atoms with Crippen LogP contribution in [0.2, 0.25) is 0 Å². The average Bonchev–Trinajstić information content (AvgIpc) is 3.08. The minimum Gasteiger partial charge on any atom is -0.373 e. The predicted molar refractivity (Wildman–Crippen MR) is 115 cm³/mol. The smallest absolute Gasteiger partial charge is 0.373 e. The molecule has 0 amide bonds. The first kappa shape index (κ1) is 21.9. The van der Waals surface area contributed by atoms with Crippen LogP contribution in [0, 0.1) is 11.8 Å². The molecule has 5 rings (SSSR count). The molecule has 3 aliphatic rings. The molecule has 5 nitrogen and oxygen atoms in total. The van der Waals surface area contributed by atoms with Crippen molar-refractivity contribution in [2.45, 2.75) is 70.3 Å². The summed E-state index contributed by atoms with van der Waals surface area (Å²) in [6.07, 6.45) is 0.269. The van der Waals surface area contributed by atoms with Crippen molar-refractivity contribution < 1.29 is 17.9 Å². The van der Waals surface area contributed by atoms with Crippen LogP contribution in [0.3, 0.4) is 0 Å². The summed E-state index contributed by atoms with van der Waals surface area (Å²) in [7, 11) is 0. The van der Waals surface area contributed by atoms with Gasteiger partial charge in [-0.05, 0) is 64.5 Å². The molecule has 2 aromatic rings. The molecule has 2 saturated carbocycles. The van der Waals surface area contributed by atoms with Crippen molar-refractivity contribution in [1.82, 2.24) is 19.7 Å². The number of ether oxygens (including phenoxy) is 1. The summed E-state index contributed by atoms with van der Waals surface area (Å²) in [6.45, 7) is 11.2. The number of hydrogen-bond donors (Lipinski definition) is 0. The molecule has 8 heteroatoms.